The van der Waals surface area contributed by atoms with Crippen LogP contribution in [0.15, 0.2) is 303 Å². The van der Waals surface area contributed by atoms with Crippen LogP contribution in [-0.2, 0) is 10.8 Å². The third-order valence-corrected chi connectivity index (χ3v) is 28.3. The van der Waals surface area contributed by atoms with Gasteiger partial charge in [-0.15, -0.1) is 0 Å². The van der Waals surface area contributed by atoms with Crippen LogP contribution in [0.3, 0.4) is 0 Å². The van der Waals surface area contributed by atoms with Crippen molar-refractivity contribution < 1.29 is 0 Å². The number of aromatic nitrogens is 2. The maximum atomic E-state index is 2.56. The summed E-state index contributed by atoms with van der Waals surface area (Å²) in [6.45, 7) is 0. The molecule has 2 heteroatoms. The SMILES string of the molecule is c1ccc(-c2cccc3ccc(-n4c5ccccc5c5cc(-c6ccc7c(c6)-c6ccccc6C76C7CC8CC(C7)CC6C8)ccc54)cc23)cc1.c1ccc2c(c1)-c1cc(-c3ccc4c(c3)c3ccccc3n4-c3ccc4c5ccccc5c5ccccc5c4c3)ccc1C21C2CC3CC(C2)CC1C3. The van der Waals surface area contributed by atoms with Crippen LogP contribution in [0.1, 0.15) is 86.5 Å². The van der Waals surface area contributed by atoms with Crippen LogP contribution in [0, 0.1) is 47.3 Å². The first kappa shape index (κ1) is 58.4. The molecule has 0 radical (unpaired) electrons. The molecule has 10 aliphatic carbocycles. The molecule has 8 saturated carbocycles. The van der Waals surface area contributed by atoms with Gasteiger partial charge in [-0.25, -0.2) is 0 Å². The second kappa shape index (κ2) is 21.8. The summed E-state index contributed by atoms with van der Waals surface area (Å²) < 4.78 is 4.94. The molecule has 0 amide bonds. The molecule has 17 aromatic rings. The van der Waals surface area contributed by atoms with E-state index in [0.29, 0.717) is 0 Å². The molecule has 0 N–H and O–H groups in total. The molecule has 10 aliphatic rings. The van der Waals surface area contributed by atoms with Crippen LogP contribution in [0.25, 0.3) is 154 Å². The second-order valence-corrected chi connectivity index (χ2v) is 33.0. The monoisotopic (exact) mass is 1330 g/mol. The van der Waals surface area contributed by atoms with Gasteiger partial charge in [-0.3, -0.25) is 0 Å². The van der Waals surface area contributed by atoms with Crippen molar-refractivity contribution in [3.63, 3.8) is 0 Å². The molecule has 0 aliphatic heterocycles. The van der Waals surface area contributed by atoms with Crippen LogP contribution in [0.4, 0.5) is 0 Å². The Morgan fingerprint density at radius 1 is 0.202 bits per heavy atom. The molecule has 2 nitrogen and oxygen atoms in total. The minimum absolute atomic E-state index is 0.215. The van der Waals surface area contributed by atoms with E-state index >= 15 is 0 Å². The number of hydrogen-bond acceptors (Lipinski definition) is 0. The van der Waals surface area contributed by atoms with Crippen molar-refractivity contribution in [2.24, 2.45) is 47.3 Å². The molecule has 0 atom stereocenters. The molecule has 496 valence electrons. The van der Waals surface area contributed by atoms with Gasteiger partial charge in [0.15, 0.2) is 0 Å². The smallest absolute Gasteiger partial charge is 0.0541 e. The van der Waals surface area contributed by atoms with Gasteiger partial charge in [0.2, 0.25) is 0 Å². The zero-order valence-corrected chi connectivity index (χ0v) is 58.5. The number of rotatable bonds is 5. The maximum Gasteiger partial charge on any atom is 0.0541 e. The van der Waals surface area contributed by atoms with E-state index in [1.807, 2.05) is 0 Å². The predicted octanol–water partition coefficient (Wildman–Crippen LogP) is 26.6. The minimum Gasteiger partial charge on any atom is -0.309 e. The minimum atomic E-state index is 0.215. The Kier molecular flexibility index (Phi) is 12.2. The summed E-state index contributed by atoms with van der Waals surface area (Å²) >= 11 is 0. The van der Waals surface area contributed by atoms with Gasteiger partial charge in [-0.2, -0.15) is 0 Å². The molecule has 2 aromatic heterocycles. The summed E-state index contributed by atoms with van der Waals surface area (Å²) in [4.78, 5) is 0. The second-order valence-electron chi connectivity index (χ2n) is 33.0. The van der Waals surface area contributed by atoms with Gasteiger partial charge >= 0.3 is 0 Å². The highest BCUT2D eigenvalue weighted by Crippen LogP contribution is 2.71. The zero-order chi connectivity index (χ0) is 67.7. The van der Waals surface area contributed by atoms with Gasteiger partial charge in [-0.1, -0.05) is 231 Å². The summed E-state index contributed by atoms with van der Waals surface area (Å²) in [6, 6.07) is 116. The fourth-order valence-electron chi connectivity index (χ4n) is 24.8. The van der Waals surface area contributed by atoms with Crippen molar-refractivity contribution in [3.05, 3.63) is 326 Å². The molecule has 8 fully saturated rings. The lowest BCUT2D eigenvalue weighted by Crippen LogP contribution is -2.55. The first-order chi connectivity index (χ1) is 51.5. The van der Waals surface area contributed by atoms with E-state index < -0.39 is 0 Å². The average molecular weight is 1330 g/mol. The fraction of sp³-hybridized carbons (Fsp3) is 0.196. The zero-order valence-electron chi connectivity index (χ0n) is 58.5. The highest BCUT2D eigenvalue weighted by molar-refractivity contribution is 6.26. The third-order valence-electron chi connectivity index (χ3n) is 28.3. The molecule has 15 aromatic carbocycles. The van der Waals surface area contributed by atoms with Gasteiger partial charge < -0.3 is 9.13 Å². The fourth-order valence-corrected chi connectivity index (χ4v) is 24.8. The molecule has 8 bridgehead atoms. The van der Waals surface area contributed by atoms with Crippen molar-refractivity contribution in [1.82, 2.24) is 9.13 Å². The van der Waals surface area contributed by atoms with Crippen molar-refractivity contribution in [1.29, 1.82) is 0 Å². The standard InChI is InChI=1S/C52H39N.C50H39N/c1-2-11-40-38(9-1)39-10-3-4-12-41(39)45-30-37(19-20-42(40)45)53-50-16-8-6-14-44(50)47-29-34(18-22-51(47)53)33-17-21-49-46(28-33)43-13-5-7-15-48(43)52(49)35-24-31-23-32(26-35)27-36(52)25-31;1-2-9-33(10-3-1)40-14-8-11-34-17-20-39(30-43(34)40)51-48-16-7-5-13-42(48)45-29-36(19-22-49(45)51)35-18-21-47-44(28-35)41-12-4-6-15-46(41)50(47)37-24-31-23-32(26-37)27-38(50)25-31/h1-22,28-32,35-36H,23-27H2;1-22,28-32,37-38H,23-27H2. The Hall–Kier alpha value is -11.1. The van der Waals surface area contributed by atoms with E-state index in [9.17, 15) is 0 Å². The molecule has 0 saturated heterocycles. The van der Waals surface area contributed by atoms with Gasteiger partial charge in [0.25, 0.3) is 0 Å². The van der Waals surface area contributed by atoms with E-state index in [1.54, 1.807) is 22.3 Å². The molecule has 27 rings (SSSR count). The number of nitrogens with zero attached hydrogens (tertiary/aromatic N) is 2. The molecule has 0 unspecified atom stereocenters. The Bertz CT molecular complexity index is 6440. The van der Waals surface area contributed by atoms with Crippen LogP contribution in [0.2, 0.25) is 0 Å². The summed E-state index contributed by atoms with van der Waals surface area (Å²) in [5.74, 6) is 7.02. The van der Waals surface area contributed by atoms with Crippen LogP contribution in [0.5, 0.6) is 0 Å². The quantitative estimate of drug-likeness (QED) is 0.152. The number of fused-ring (bicyclic) bond motifs is 19. The first-order valence-corrected chi connectivity index (χ1v) is 39.0. The van der Waals surface area contributed by atoms with Crippen molar-refractivity contribution in [3.8, 4) is 67.0 Å². The third kappa shape index (κ3) is 8.02. The first-order valence-electron chi connectivity index (χ1n) is 39.0. The van der Waals surface area contributed by atoms with Crippen molar-refractivity contribution >= 4 is 86.7 Å². The van der Waals surface area contributed by atoms with E-state index in [2.05, 4.69) is 312 Å². The average Bonchev–Trinajstić information content (AvgIpc) is 1.48. The molecule has 104 heavy (non-hydrogen) atoms. The summed E-state index contributed by atoms with van der Waals surface area (Å²) in [7, 11) is 0. The van der Waals surface area contributed by atoms with E-state index in [1.165, 1.54) is 218 Å². The summed E-state index contributed by atoms with van der Waals surface area (Å²) in [5.41, 5.74) is 28.1. The van der Waals surface area contributed by atoms with Crippen LogP contribution >= 0.6 is 0 Å². The lowest BCUT2D eigenvalue weighted by atomic mass is 9.43. The maximum absolute atomic E-state index is 2.56. The summed E-state index contributed by atoms with van der Waals surface area (Å²) in [6.07, 6.45) is 14.4. The van der Waals surface area contributed by atoms with Gasteiger partial charge in [0, 0.05) is 43.7 Å². The van der Waals surface area contributed by atoms with Crippen LogP contribution in [-0.4, -0.2) is 9.13 Å². The highest BCUT2D eigenvalue weighted by Gasteiger charge is 2.63. The van der Waals surface area contributed by atoms with Crippen molar-refractivity contribution in [2.45, 2.75) is 75.0 Å². The summed E-state index contributed by atoms with van der Waals surface area (Å²) in [5, 5.41) is 15.6. The molecule has 2 heterocycles. The van der Waals surface area contributed by atoms with Crippen LogP contribution < -0.4 is 0 Å². The van der Waals surface area contributed by atoms with Gasteiger partial charge in [-0.05, 0) is 305 Å². The largest absolute Gasteiger partial charge is 0.309 e. The number of hydrogen-bond donors (Lipinski definition) is 0. The lowest BCUT2D eigenvalue weighted by molar-refractivity contribution is -0.0399. The van der Waals surface area contributed by atoms with E-state index in [4.69, 9.17) is 0 Å². The Morgan fingerprint density at radius 2 is 0.567 bits per heavy atom. The number of benzene rings is 15. The molecular weight excluding hydrogens is 1250 g/mol. The Balaban J connectivity index is 0.000000124. The van der Waals surface area contributed by atoms with E-state index in [-0.39, 0.29) is 10.8 Å². The Morgan fingerprint density at radius 3 is 1.07 bits per heavy atom. The van der Waals surface area contributed by atoms with E-state index in [0.717, 1.165) is 47.3 Å². The van der Waals surface area contributed by atoms with Crippen molar-refractivity contribution in [2.75, 3.05) is 0 Å². The lowest BCUT2D eigenvalue weighted by Gasteiger charge is -2.61. The predicted molar refractivity (Wildman–Crippen MR) is 434 cm³/mol. The molecular formula is C102H78N2. The topological polar surface area (TPSA) is 9.86 Å². The number of para-hydroxylation sites is 2. The molecule has 2 spiro atoms. The Labute approximate surface area is 606 Å². The highest BCUT2D eigenvalue weighted by atomic mass is 15.0. The van der Waals surface area contributed by atoms with Gasteiger partial charge in [0.1, 0.15) is 0 Å². The van der Waals surface area contributed by atoms with Gasteiger partial charge in [0.05, 0.1) is 22.1 Å². The normalized spacial score (nSPS) is 24.0.